The molecule has 1 saturated carbocycles. The fraction of sp³-hybridized carbons (Fsp3) is 0.435. The van der Waals surface area contributed by atoms with E-state index in [2.05, 4.69) is 4.90 Å². The van der Waals surface area contributed by atoms with Gasteiger partial charge in [0.2, 0.25) is 10.0 Å². The first-order valence-corrected chi connectivity index (χ1v) is 13.4. The number of hydrogen-bond acceptors (Lipinski definition) is 5. The molecule has 6 nitrogen and oxygen atoms in total. The Bertz CT molecular complexity index is 1170. The van der Waals surface area contributed by atoms with Crippen LogP contribution in [0.15, 0.2) is 30.3 Å². The molecule has 0 aromatic heterocycles. The van der Waals surface area contributed by atoms with Crippen molar-refractivity contribution in [1.29, 1.82) is 0 Å². The first kappa shape index (κ1) is 24.3. The van der Waals surface area contributed by atoms with E-state index in [0.717, 1.165) is 49.6 Å². The van der Waals surface area contributed by atoms with Gasteiger partial charge < -0.3 is 4.74 Å². The van der Waals surface area contributed by atoms with E-state index in [1.807, 2.05) is 16.9 Å². The van der Waals surface area contributed by atoms with Crippen LogP contribution in [-0.2, 0) is 16.6 Å². The summed E-state index contributed by atoms with van der Waals surface area (Å²) in [4.78, 5) is 14.5. The third-order valence-electron chi connectivity index (χ3n) is 5.80. The van der Waals surface area contributed by atoms with Gasteiger partial charge in [0.15, 0.2) is 0 Å². The first-order chi connectivity index (χ1) is 15.6. The van der Waals surface area contributed by atoms with Gasteiger partial charge in [0.25, 0.3) is 5.91 Å². The van der Waals surface area contributed by atoms with Crippen LogP contribution in [0.1, 0.15) is 53.1 Å². The molecule has 33 heavy (non-hydrogen) atoms. The number of nitrogens with one attached hydrogen (secondary N) is 1. The molecule has 1 heterocycles. The Kier molecular flexibility index (Phi) is 7.19. The Labute approximate surface area is 203 Å². The minimum absolute atomic E-state index is 0.141. The molecule has 2 aromatic carbocycles. The quantitative estimate of drug-likeness (QED) is 0.577. The maximum atomic E-state index is 14.8. The average molecular weight is 515 g/mol. The molecule has 1 aliphatic heterocycles. The normalized spacial score (nSPS) is 19.3. The lowest BCUT2D eigenvalue weighted by Crippen LogP contribution is -2.40. The van der Waals surface area contributed by atoms with E-state index >= 15 is 0 Å². The van der Waals surface area contributed by atoms with Crippen LogP contribution in [0.5, 0.6) is 5.75 Å². The van der Waals surface area contributed by atoms with Crippen LogP contribution >= 0.6 is 23.2 Å². The monoisotopic (exact) mass is 514 g/mol. The highest BCUT2D eigenvalue weighted by molar-refractivity contribution is 7.89. The molecule has 0 bridgehead atoms. The number of ether oxygens (including phenoxy) is 1. The molecule has 1 amide bonds. The summed E-state index contributed by atoms with van der Waals surface area (Å²) >= 11 is 12.3. The molecular weight excluding hydrogens is 490 g/mol. The molecule has 0 radical (unpaired) electrons. The van der Waals surface area contributed by atoms with Crippen molar-refractivity contribution < 1.29 is 22.3 Å². The zero-order valence-corrected chi connectivity index (χ0v) is 20.4. The third kappa shape index (κ3) is 6.38. The van der Waals surface area contributed by atoms with Crippen molar-refractivity contribution in [1.82, 2.24) is 9.62 Å². The van der Waals surface area contributed by atoms with Crippen molar-refractivity contribution in [2.24, 2.45) is 0 Å². The molecule has 1 unspecified atom stereocenters. The number of halogens is 3. The summed E-state index contributed by atoms with van der Waals surface area (Å²) in [5, 5.41) is 1.21. The van der Waals surface area contributed by atoms with Crippen molar-refractivity contribution >= 4 is 39.1 Å². The molecule has 178 valence electrons. The van der Waals surface area contributed by atoms with Crippen LogP contribution in [-0.4, -0.2) is 44.7 Å². The van der Waals surface area contributed by atoms with Crippen molar-refractivity contribution in [3.05, 3.63) is 62.9 Å². The number of carbonyl (C=O) groups is 1. The van der Waals surface area contributed by atoms with E-state index in [9.17, 15) is 17.6 Å². The predicted molar refractivity (Wildman–Crippen MR) is 126 cm³/mol. The maximum absolute atomic E-state index is 14.8. The van der Waals surface area contributed by atoms with Crippen molar-refractivity contribution in [2.75, 3.05) is 19.3 Å². The van der Waals surface area contributed by atoms with Crippen LogP contribution in [0.4, 0.5) is 4.39 Å². The van der Waals surface area contributed by atoms with Gasteiger partial charge in [0.05, 0.1) is 11.8 Å². The van der Waals surface area contributed by atoms with Gasteiger partial charge in [-0.3, -0.25) is 9.69 Å². The second-order valence-electron chi connectivity index (χ2n) is 8.70. The van der Waals surface area contributed by atoms with E-state index < -0.39 is 21.7 Å². The van der Waals surface area contributed by atoms with Crippen LogP contribution in [0.3, 0.4) is 0 Å². The first-order valence-electron chi connectivity index (χ1n) is 10.8. The minimum atomic E-state index is -3.80. The van der Waals surface area contributed by atoms with Gasteiger partial charge in [-0.15, -0.1) is 0 Å². The highest BCUT2D eigenvalue weighted by atomic mass is 35.5. The lowest BCUT2D eigenvalue weighted by atomic mass is 10.0. The van der Waals surface area contributed by atoms with Crippen LogP contribution in [0.2, 0.25) is 10.0 Å². The summed E-state index contributed by atoms with van der Waals surface area (Å²) in [6, 6.07) is 8.09. The summed E-state index contributed by atoms with van der Waals surface area (Å²) in [5.41, 5.74) is 1.43. The van der Waals surface area contributed by atoms with Gasteiger partial charge in [-0.1, -0.05) is 29.3 Å². The smallest absolute Gasteiger partial charge is 0.267 e. The predicted octanol–water partition coefficient (Wildman–Crippen LogP) is 4.74. The van der Waals surface area contributed by atoms with Gasteiger partial charge in [-0.05, 0) is 67.5 Å². The molecular formula is C23H25Cl2FN2O4S. The van der Waals surface area contributed by atoms with E-state index in [4.69, 9.17) is 27.9 Å². The summed E-state index contributed by atoms with van der Waals surface area (Å²) in [6.07, 6.45) is 4.30. The Morgan fingerprint density at radius 1 is 1.21 bits per heavy atom. The van der Waals surface area contributed by atoms with E-state index in [0.29, 0.717) is 28.9 Å². The Hall–Kier alpha value is -1.87. The number of sulfonamides is 1. The highest BCUT2D eigenvalue weighted by Crippen LogP contribution is 2.45. The second kappa shape index (κ2) is 9.78. The molecule has 2 aliphatic rings. The fourth-order valence-corrected chi connectivity index (χ4v) is 5.02. The Morgan fingerprint density at radius 2 is 1.97 bits per heavy atom. The number of likely N-dealkylation sites (tertiary alicyclic amines) is 1. The number of carbonyl (C=O) groups excluding carboxylic acids is 1. The standard InChI is InChI=1S/C23H25Cl2FN2O4S/c1-33(30,31)27-23(29)19-10-18(14-4-5-14)22(11-21(19)26)32-17-3-2-8-28(13-17)12-15-6-7-16(24)9-20(15)25/h6-7,9-11,14,17H,2-5,8,12-13H2,1H3,(H,27,29). The van der Waals surface area contributed by atoms with Crippen molar-refractivity contribution in [3.8, 4) is 5.75 Å². The van der Waals surface area contributed by atoms with Crippen molar-refractivity contribution in [3.63, 3.8) is 0 Å². The fourth-order valence-electron chi connectivity index (χ4n) is 4.11. The number of rotatable bonds is 7. The Morgan fingerprint density at radius 3 is 2.64 bits per heavy atom. The highest BCUT2D eigenvalue weighted by Gasteiger charge is 2.31. The molecule has 1 N–H and O–H groups in total. The van der Waals surface area contributed by atoms with Crippen LogP contribution in [0.25, 0.3) is 0 Å². The number of hydrogen-bond donors (Lipinski definition) is 1. The summed E-state index contributed by atoms with van der Waals surface area (Å²) in [5.74, 6) is -1.19. The van der Waals surface area contributed by atoms with Gasteiger partial charge >= 0.3 is 0 Å². The van der Waals surface area contributed by atoms with E-state index in [1.54, 1.807) is 6.07 Å². The van der Waals surface area contributed by atoms with E-state index in [1.165, 1.54) is 12.1 Å². The summed E-state index contributed by atoms with van der Waals surface area (Å²) < 4.78 is 45.6. The van der Waals surface area contributed by atoms with Gasteiger partial charge in [0.1, 0.15) is 17.7 Å². The van der Waals surface area contributed by atoms with E-state index in [-0.39, 0.29) is 17.6 Å². The zero-order valence-electron chi connectivity index (χ0n) is 18.1. The lowest BCUT2D eigenvalue weighted by molar-refractivity contribution is 0.0832. The molecule has 10 heteroatoms. The molecule has 2 aromatic rings. The minimum Gasteiger partial charge on any atom is -0.489 e. The number of piperidine rings is 1. The molecule has 1 aliphatic carbocycles. The summed E-state index contributed by atoms with van der Waals surface area (Å²) in [6.45, 7) is 2.21. The molecule has 4 rings (SSSR count). The second-order valence-corrected chi connectivity index (χ2v) is 11.3. The van der Waals surface area contributed by atoms with Gasteiger partial charge in [0, 0.05) is 29.2 Å². The number of benzene rings is 2. The topological polar surface area (TPSA) is 75.7 Å². The van der Waals surface area contributed by atoms with Crippen LogP contribution in [0, 0.1) is 5.82 Å². The third-order valence-corrected chi connectivity index (χ3v) is 6.95. The van der Waals surface area contributed by atoms with Gasteiger partial charge in [-0.2, -0.15) is 0 Å². The SMILES string of the molecule is CS(=O)(=O)NC(=O)c1cc(C2CC2)c(OC2CCCN(Cc3ccc(Cl)cc3Cl)C2)cc1F. The lowest BCUT2D eigenvalue weighted by Gasteiger charge is -2.33. The van der Waals surface area contributed by atoms with Gasteiger partial charge in [-0.25, -0.2) is 17.5 Å². The molecule has 2 fully saturated rings. The van der Waals surface area contributed by atoms with Crippen LogP contribution < -0.4 is 9.46 Å². The Balaban J connectivity index is 1.49. The maximum Gasteiger partial charge on any atom is 0.267 e. The number of amides is 1. The van der Waals surface area contributed by atoms with Crippen molar-refractivity contribution in [2.45, 2.75) is 44.2 Å². The largest absolute Gasteiger partial charge is 0.489 e. The average Bonchev–Trinajstić information content (AvgIpc) is 3.54. The number of nitrogens with zero attached hydrogens (tertiary/aromatic N) is 1. The zero-order chi connectivity index (χ0) is 23.8. The molecule has 1 atom stereocenters. The molecule has 0 spiro atoms. The molecule has 1 saturated heterocycles. The summed E-state index contributed by atoms with van der Waals surface area (Å²) in [7, 11) is -3.80.